The van der Waals surface area contributed by atoms with Gasteiger partial charge in [-0.1, -0.05) is 0 Å². The van der Waals surface area contributed by atoms with Gasteiger partial charge in [0.2, 0.25) is 5.91 Å². The predicted octanol–water partition coefficient (Wildman–Crippen LogP) is 1.19. The molecule has 0 spiro atoms. The normalized spacial score (nSPS) is 21.2. The number of hydrogen-bond acceptors (Lipinski definition) is 4. The fourth-order valence-corrected chi connectivity index (χ4v) is 1.98. The van der Waals surface area contributed by atoms with Gasteiger partial charge in [-0.3, -0.25) is 4.79 Å². The van der Waals surface area contributed by atoms with Gasteiger partial charge in [0.15, 0.2) is 0 Å². The van der Waals surface area contributed by atoms with Crippen LogP contribution >= 0.6 is 0 Å². The average molecular weight is 287 g/mol. The van der Waals surface area contributed by atoms with Gasteiger partial charge in [0.05, 0.1) is 18.1 Å². The topological polar surface area (TPSA) is 84.9 Å². The molecule has 0 bridgehead atoms. The minimum atomic E-state index is -1.03. The zero-order valence-electron chi connectivity index (χ0n) is 12.5. The van der Waals surface area contributed by atoms with E-state index in [0.717, 1.165) is 12.8 Å². The molecule has 116 valence electrons. The third kappa shape index (κ3) is 6.34. The van der Waals surface area contributed by atoms with Crippen molar-refractivity contribution in [3.8, 4) is 0 Å². The van der Waals surface area contributed by atoms with Gasteiger partial charge >= 0.3 is 5.97 Å². The molecule has 2 unspecified atom stereocenters. The van der Waals surface area contributed by atoms with E-state index < -0.39 is 12.0 Å². The van der Waals surface area contributed by atoms with Gasteiger partial charge in [-0.25, -0.2) is 4.79 Å². The number of nitrogens with one attached hydrogen (secondary N) is 1. The molecular weight excluding hydrogens is 262 g/mol. The second-order valence-corrected chi connectivity index (χ2v) is 6.06. The molecule has 1 amide bonds. The monoisotopic (exact) mass is 287 g/mol. The number of ether oxygens (including phenoxy) is 2. The first-order valence-corrected chi connectivity index (χ1v) is 7.04. The van der Waals surface area contributed by atoms with Gasteiger partial charge in [0.25, 0.3) is 0 Å². The van der Waals surface area contributed by atoms with Crippen LogP contribution in [0.5, 0.6) is 0 Å². The van der Waals surface area contributed by atoms with Crippen LogP contribution in [0.3, 0.4) is 0 Å². The van der Waals surface area contributed by atoms with E-state index in [1.807, 2.05) is 20.8 Å². The Hall–Kier alpha value is -1.14. The van der Waals surface area contributed by atoms with Crippen molar-refractivity contribution in [1.82, 2.24) is 5.32 Å². The number of carbonyl (C=O) groups is 2. The quantitative estimate of drug-likeness (QED) is 0.766. The third-order valence-electron chi connectivity index (χ3n) is 3.09. The highest BCUT2D eigenvalue weighted by molar-refractivity contribution is 5.85. The largest absolute Gasteiger partial charge is 0.480 e. The van der Waals surface area contributed by atoms with Crippen LogP contribution in [0, 0.1) is 5.92 Å². The van der Waals surface area contributed by atoms with Crippen LogP contribution in [-0.4, -0.2) is 48.4 Å². The average Bonchev–Trinajstić information content (AvgIpc) is 2.37. The van der Waals surface area contributed by atoms with E-state index >= 15 is 0 Å². The van der Waals surface area contributed by atoms with Gasteiger partial charge in [-0.2, -0.15) is 0 Å². The van der Waals surface area contributed by atoms with Crippen LogP contribution in [0.4, 0.5) is 0 Å². The van der Waals surface area contributed by atoms with Crippen LogP contribution in [0.2, 0.25) is 0 Å². The van der Waals surface area contributed by atoms with Crippen LogP contribution in [0.15, 0.2) is 0 Å². The molecule has 1 fully saturated rings. The number of carboxylic acids is 1. The molecule has 20 heavy (non-hydrogen) atoms. The van der Waals surface area contributed by atoms with E-state index in [0.29, 0.717) is 19.8 Å². The van der Waals surface area contributed by atoms with Crippen molar-refractivity contribution in [3.63, 3.8) is 0 Å². The highest BCUT2D eigenvalue weighted by Gasteiger charge is 2.27. The summed E-state index contributed by atoms with van der Waals surface area (Å²) in [6.45, 7) is 7.05. The van der Waals surface area contributed by atoms with Crippen LogP contribution < -0.4 is 5.32 Å². The fourth-order valence-electron chi connectivity index (χ4n) is 1.98. The molecule has 0 radical (unpaired) electrons. The molecule has 2 atom stereocenters. The number of aliphatic carboxylic acids is 1. The van der Waals surface area contributed by atoms with Crippen molar-refractivity contribution < 1.29 is 24.2 Å². The molecule has 0 aromatic heterocycles. The molecule has 1 saturated heterocycles. The molecule has 0 aliphatic carbocycles. The third-order valence-corrected chi connectivity index (χ3v) is 3.09. The Kier molecular flexibility index (Phi) is 6.42. The summed E-state index contributed by atoms with van der Waals surface area (Å²) in [5, 5.41) is 11.7. The Bertz CT molecular complexity index is 331. The molecule has 1 aliphatic rings. The molecule has 0 aromatic carbocycles. The zero-order chi connectivity index (χ0) is 15.2. The van der Waals surface area contributed by atoms with E-state index in [1.54, 1.807) is 0 Å². The maximum atomic E-state index is 12.0. The summed E-state index contributed by atoms with van der Waals surface area (Å²) < 4.78 is 10.7. The van der Waals surface area contributed by atoms with Gasteiger partial charge in [-0.05, 0) is 33.6 Å². The first kappa shape index (κ1) is 16.9. The Morgan fingerprint density at radius 3 is 2.65 bits per heavy atom. The fraction of sp³-hybridized carbons (Fsp3) is 0.857. The van der Waals surface area contributed by atoms with Gasteiger partial charge in [0, 0.05) is 19.6 Å². The molecule has 1 rings (SSSR count). The van der Waals surface area contributed by atoms with E-state index in [9.17, 15) is 9.59 Å². The maximum absolute atomic E-state index is 12.0. The molecule has 6 heteroatoms. The van der Waals surface area contributed by atoms with Crippen molar-refractivity contribution in [3.05, 3.63) is 0 Å². The summed E-state index contributed by atoms with van der Waals surface area (Å²) >= 11 is 0. The lowest BCUT2D eigenvalue weighted by Gasteiger charge is -2.24. The lowest BCUT2D eigenvalue weighted by atomic mass is 10.0. The van der Waals surface area contributed by atoms with Gasteiger partial charge < -0.3 is 19.9 Å². The summed E-state index contributed by atoms with van der Waals surface area (Å²) in [6, 6.07) is -0.910. The van der Waals surface area contributed by atoms with Crippen molar-refractivity contribution in [2.75, 3.05) is 19.8 Å². The number of amides is 1. The summed E-state index contributed by atoms with van der Waals surface area (Å²) in [5.41, 5.74) is -0.315. The van der Waals surface area contributed by atoms with Crippen molar-refractivity contribution in [1.29, 1.82) is 0 Å². The summed E-state index contributed by atoms with van der Waals surface area (Å²) in [5.74, 6) is -1.52. The Morgan fingerprint density at radius 2 is 2.15 bits per heavy atom. The van der Waals surface area contributed by atoms with E-state index in [2.05, 4.69) is 5.32 Å². The van der Waals surface area contributed by atoms with E-state index in [4.69, 9.17) is 14.6 Å². The molecule has 2 N–H and O–H groups in total. The second kappa shape index (κ2) is 7.59. The summed E-state index contributed by atoms with van der Waals surface area (Å²) in [4.78, 5) is 23.1. The minimum absolute atomic E-state index is 0.242. The minimum Gasteiger partial charge on any atom is -0.480 e. The Morgan fingerprint density at radius 1 is 1.45 bits per heavy atom. The van der Waals surface area contributed by atoms with Crippen molar-refractivity contribution in [2.45, 2.75) is 51.7 Å². The highest BCUT2D eigenvalue weighted by Crippen LogP contribution is 2.14. The number of hydrogen-bond donors (Lipinski definition) is 2. The smallest absolute Gasteiger partial charge is 0.326 e. The lowest BCUT2D eigenvalue weighted by Crippen LogP contribution is -2.46. The van der Waals surface area contributed by atoms with Crippen LogP contribution in [0.1, 0.15) is 40.0 Å². The lowest BCUT2D eigenvalue weighted by molar-refractivity contribution is -0.144. The molecule has 1 aliphatic heterocycles. The van der Waals surface area contributed by atoms with Crippen molar-refractivity contribution in [2.24, 2.45) is 5.92 Å². The molecule has 0 aromatic rings. The number of carboxylic acid groups (broad SMARTS) is 1. The Labute approximate surface area is 119 Å². The molecule has 6 nitrogen and oxygen atoms in total. The van der Waals surface area contributed by atoms with E-state index in [-0.39, 0.29) is 23.8 Å². The first-order chi connectivity index (χ1) is 9.29. The molecule has 0 saturated carbocycles. The highest BCUT2D eigenvalue weighted by atomic mass is 16.5. The number of rotatable bonds is 6. The number of carbonyl (C=O) groups excluding carboxylic acids is 1. The molecular formula is C14H25NO5. The molecule has 1 heterocycles. The van der Waals surface area contributed by atoms with Gasteiger partial charge in [-0.15, -0.1) is 0 Å². The zero-order valence-corrected chi connectivity index (χ0v) is 12.5. The van der Waals surface area contributed by atoms with Gasteiger partial charge in [0.1, 0.15) is 6.04 Å². The standard InChI is InChI=1S/C14H25NO5/c1-14(2,3)20-8-6-11(13(17)18)15-12(16)10-5-4-7-19-9-10/h10-11H,4-9H2,1-3H3,(H,15,16)(H,17,18). The SMILES string of the molecule is CC(C)(C)OCCC(NC(=O)C1CCCOC1)C(=O)O. The summed E-state index contributed by atoms with van der Waals surface area (Å²) in [6.07, 6.45) is 1.84. The first-order valence-electron chi connectivity index (χ1n) is 7.04. The van der Waals surface area contributed by atoms with Crippen LogP contribution in [0.25, 0.3) is 0 Å². The van der Waals surface area contributed by atoms with Crippen LogP contribution in [-0.2, 0) is 19.1 Å². The summed E-state index contributed by atoms with van der Waals surface area (Å²) in [7, 11) is 0. The van der Waals surface area contributed by atoms with E-state index in [1.165, 1.54) is 0 Å². The Balaban J connectivity index is 2.41. The maximum Gasteiger partial charge on any atom is 0.326 e. The predicted molar refractivity (Wildman–Crippen MR) is 73.4 cm³/mol. The second-order valence-electron chi connectivity index (χ2n) is 6.06. The van der Waals surface area contributed by atoms with Crippen molar-refractivity contribution >= 4 is 11.9 Å².